The summed E-state index contributed by atoms with van der Waals surface area (Å²) in [5.74, 6) is 0. The van der Waals surface area contributed by atoms with E-state index in [0.717, 1.165) is 4.88 Å². The maximum atomic E-state index is 12.8. The number of fused-ring (bicyclic) bond motifs is 1. The molecule has 0 unspecified atom stereocenters. The van der Waals surface area contributed by atoms with Crippen LogP contribution >= 0.6 is 11.3 Å². The van der Waals surface area contributed by atoms with Gasteiger partial charge in [0, 0.05) is 10.6 Å². The number of hydrogen-bond donors (Lipinski definition) is 1. The highest BCUT2D eigenvalue weighted by atomic mass is 32.1. The van der Waals surface area contributed by atoms with Crippen LogP contribution in [0.5, 0.6) is 0 Å². The number of benzene rings is 1. The number of nitrogens with one attached hydrogen (secondary N) is 1. The van der Waals surface area contributed by atoms with Gasteiger partial charge in [0.05, 0.1) is 35.4 Å². The Morgan fingerprint density at radius 1 is 1.04 bits per heavy atom. The highest BCUT2D eigenvalue weighted by molar-refractivity contribution is 7.09. The van der Waals surface area contributed by atoms with Crippen molar-refractivity contribution in [2.45, 2.75) is 25.4 Å². The van der Waals surface area contributed by atoms with Crippen LogP contribution in [0.1, 0.15) is 21.7 Å². The van der Waals surface area contributed by atoms with Crippen LogP contribution in [0.2, 0.25) is 0 Å². The van der Waals surface area contributed by atoms with Crippen molar-refractivity contribution >= 4 is 23.1 Å². The van der Waals surface area contributed by atoms with Crippen LogP contribution in [-0.4, -0.2) is 15.9 Å². The van der Waals surface area contributed by atoms with Gasteiger partial charge in [0.15, 0.2) is 0 Å². The van der Waals surface area contributed by atoms with Crippen molar-refractivity contribution in [1.82, 2.24) is 9.88 Å². The number of alkyl halides is 6. The molecule has 0 spiro atoms. The Bertz CT molecular complexity index is 761. The molecule has 2 heterocycles. The van der Waals surface area contributed by atoms with Crippen molar-refractivity contribution in [3.05, 3.63) is 45.4 Å². The monoisotopic (exact) mass is 381 g/mol. The van der Waals surface area contributed by atoms with Crippen molar-refractivity contribution in [2.75, 3.05) is 5.32 Å². The maximum Gasteiger partial charge on any atom is 0.416 e. The number of carbonyl (C=O) groups is 1. The molecule has 134 valence electrons. The first kappa shape index (κ1) is 17.5. The Balaban J connectivity index is 1.84. The Hall–Kier alpha value is -2.30. The van der Waals surface area contributed by atoms with Gasteiger partial charge in [-0.25, -0.2) is 9.78 Å². The van der Waals surface area contributed by atoms with Crippen molar-refractivity contribution in [3.8, 4) is 0 Å². The molecule has 0 radical (unpaired) electrons. The van der Waals surface area contributed by atoms with E-state index in [1.165, 1.54) is 16.2 Å². The topological polar surface area (TPSA) is 45.2 Å². The van der Waals surface area contributed by atoms with E-state index in [1.54, 1.807) is 5.51 Å². The van der Waals surface area contributed by atoms with E-state index in [-0.39, 0.29) is 19.2 Å². The molecule has 0 saturated carbocycles. The minimum absolute atomic E-state index is 0.00691. The second-order valence-electron chi connectivity index (χ2n) is 5.30. The standard InChI is InChI=1S/C14H9F6N3OS/c15-13(16,17)7-1-8(14(18,19)20)3-9(2-7)22-12(24)23-4-10-11(5-23)25-6-21-10/h1-3,6H,4-5H2,(H,22,24). The molecule has 1 aromatic heterocycles. The van der Waals surface area contributed by atoms with E-state index in [0.29, 0.717) is 17.8 Å². The fourth-order valence-corrected chi connectivity index (χ4v) is 3.13. The number of halogens is 6. The number of rotatable bonds is 1. The molecule has 0 bridgehead atoms. The lowest BCUT2D eigenvalue weighted by Crippen LogP contribution is -2.30. The van der Waals surface area contributed by atoms with E-state index < -0.39 is 35.2 Å². The predicted molar refractivity (Wildman–Crippen MR) is 76.8 cm³/mol. The molecule has 11 heteroatoms. The zero-order chi connectivity index (χ0) is 18.4. The number of hydrogen-bond acceptors (Lipinski definition) is 3. The fourth-order valence-electron chi connectivity index (χ4n) is 2.33. The molecule has 0 saturated heterocycles. The van der Waals surface area contributed by atoms with Crippen LogP contribution in [0.3, 0.4) is 0 Å². The van der Waals surface area contributed by atoms with Crippen LogP contribution in [0.15, 0.2) is 23.7 Å². The van der Waals surface area contributed by atoms with Gasteiger partial charge in [0.1, 0.15) is 0 Å². The van der Waals surface area contributed by atoms with E-state index in [1.807, 2.05) is 0 Å². The molecule has 3 rings (SSSR count). The second kappa shape index (κ2) is 5.90. The largest absolute Gasteiger partial charge is 0.416 e. The van der Waals surface area contributed by atoms with Crippen molar-refractivity contribution < 1.29 is 31.1 Å². The summed E-state index contributed by atoms with van der Waals surface area (Å²) < 4.78 is 76.9. The van der Waals surface area contributed by atoms with Crippen LogP contribution in [0.25, 0.3) is 0 Å². The number of nitrogens with zero attached hydrogens (tertiary/aromatic N) is 2. The molecular formula is C14H9F6N3OS. The summed E-state index contributed by atoms with van der Waals surface area (Å²) >= 11 is 1.32. The third kappa shape index (κ3) is 3.70. The van der Waals surface area contributed by atoms with Gasteiger partial charge < -0.3 is 10.2 Å². The number of anilines is 1. The highest BCUT2D eigenvalue weighted by Gasteiger charge is 2.37. The lowest BCUT2D eigenvalue weighted by molar-refractivity contribution is -0.143. The summed E-state index contributed by atoms with van der Waals surface area (Å²) in [6.45, 7) is 0.354. The van der Waals surface area contributed by atoms with E-state index >= 15 is 0 Å². The molecule has 2 amide bonds. The number of urea groups is 1. The summed E-state index contributed by atoms with van der Waals surface area (Å²) in [6, 6.07) is 0.152. The minimum atomic E-state index is -4.97. The molecule has 0 fully saturated rings. The van der Waals surface area contributed by atoms with Crippen LogP contribution in [0, 0.1) is 0 Å². The molecule has 0 aliphatic carbocycles. The van der Waals surface area contributed by atoms with Crippen LogP contribution < -0.4 is 5.32 Å². The van der Waals surface area contributed by atoms with Gasteiger partial charge in [-0.3, -0.25) is 0 Å². The zero-order valence-electron chi connectivity index (χ0n) is 12.2. The first-order valence-electron chi connectivity index (χ1n) is 6.80. The number of thiazole rings is 1. The van der Waals surface area contributed by atoms with Crippen molar-refractivity contribution in [3.63, 3.8) is 0 Å². The first-order chi connectivity index (χ1) is 11.5. The summed E-state index contributed by atoms with van der Waals surface area (Å²) in [4.78, 5) is 18.2. The number of aromatic nitrogens is 1. The minimum Gasteiger partial charge on any atom is -0.313 e. The van der Waals surface area contributed by atoms with Crippen molar-refractivity contribution in [2.24, 2.45) is 0 Å². The Morgan fingerprint density at radius 2 is 1.64 bits per heavy atom. The molecule has 2 aromatic rings. The number of amides is 2. The molecule has 1 aromatic carbocycles. The van der Waals surface area contributed by atoms with Gasteiger partial charge in [-0.2, -0.15) is 26.3 Å². The second-order valence-corrected chi connectivity index (χ2v) is 6.24. The average Bonchev–Trinajstić information content (AvgIpc) is 3.06. The Morgan fingerprint density at radius 3 is 2.16 bits per heavy atom. The quantitative estimate of drug-likeness (QED) is 0.726. The highest BCUT2D eigenvalue weighted by Crippen LogP contribution is 2.37. The lowest BCUT2D eigenvalue weighted by Gasteiger charge is -2.18. The third-order valence-electron chi connectivity index (χ3n) is 3.53. The molecule has 1 N–H and O–H groups in total. The SMILES string of the molecule is O=C(Nc1cc(C(F)(F)F)cc(C(F)(F)F)c1)N1Cc2ncsc2C1. The van der Waals surface area contributed by atoms with Gasteiger partial charge in [-0.15, -0.1) is 11.3 Å². The summed E-state index contributed by atoms with van der Waals surface area (Å²) in [6.07, 6.45) is -9.94. The average molecular weight is 381 g/mol. The molecule has 4 nitrogen and oxygen atoms in total. The van der Waals surface area contributed by atoms with Crippen molar-refractivity contribution in [1.29, 1.82) is 0 Å². The van der Waals surface area contributed by atoms with Gasteiger partial charge in [0.2, 0.25) is 0 Å². The van der Waals surface area contributed by atoms with Crippen LogP contribution in [0.4, 0.5) is 36.8 Å². The van der Waals surface area contributed by atoms with Gasteiger partial charge in [0.25, 0.3) is 0 Å². The molecular weight excluding hydrogens is 372 g/mol. The zero-order valence-corrected chi connectivity index (χ0v) is 13.0. The smallest absolute Gasteiger partial charge is 0.313 e. The number of carbonyl (C=O) groups excluding carboxylic acids is 1. The first-order valence-corrected chi connectivity index (χ1v) is 7.68. The molecule has 25 heavy (non-hydrogen) atoms. The molecule has 1 aliphatic rings. The fraction of sp³-hybridized carbons (Fsp3) is 0.286. The lowest BCUT2D eigenvalue weighted by atomic mass is 10.1. The van der Waals surface area contributed by atoms with Crippen LogP contribution in [-0.2, 0) is 25.4 Å². The summed E-state index contributed by atoms with van der Waals surface area (Å²) in [5.41, 5.74) is -1.28. The normalized spacial score (nSPS) is 14.6. The molecule has 0 atom stereocenters. The van der Waals surface area contributed by atoms with E-state index in [9.17, 15) is 31.1 Å². The molecule has 1 aliphatic heterocycles. The third-order valence-corrected chi connectivity index (χ3v) is 4.39. The Labute approximate surface area is 141 Å². The summed E-state index contributed by atoms with van der Waals surface area (Å²) in [5, 5.41) is 2.10. The van der Waals surface area contributed by atoms with Gasteiger partial charge in [-0.1, -0.05) is 0 Å². The Kier molecular flexibility index (Phi) is 4.13. The van der Waals surface area contributed by atoms with Gasteiger partial charge in [-0.05, 0) is 18.2 Å². The maximum absolute atomic E-state index is 12.8. The predicted octanol–water partition coefficient (Wildman–Crippen LogP) is 4.73. The van der Waals surface area contributed by atoms with E-state index in [4.69, 9.17) is 0 Å². The summed E-state index contributed by atoms with van der Waals surface area (Å²) in [7, 11) is 0. The van der Waals surface area contributed by atoms with E-state index in [2.05, 4.69) is 10.3 Å². The van der Waals surface area contributed by atoms with Gasteiger partial charge >= 0.3 is 18.4 Å².